The van der Waals surface area contributed by atoms with Crippen LogP contribution in [-0.4, -0.2) is 17.2 Å². The minimum atomic E-state index is -0.235. The van der Waals surface area contributed by atoms with Crippen molar-refractivity contribution in [2.24, 2.45) is 5.92 Å². The van der Waals surface area contributed by atoms with Crippen LogP contribution < -0.4 is 0 Å². The fourth-order valence-corrected chi connectivity index (χ4v) is 2.72. The van der Waals surface area contributed by atoms with E-state index in [1.807, 2.05) is 36.6 Å². The highest BCUT2D eigenvalue weighted by Gasteiger charge is 2.11. The topological polar surface area (TPSA) is 34.1 Å². The molecule has 0 bridgehead atoms. The van der Waals surface area contributed by atoms with Gasteiger partial charge in [0.2, 0.25) is 6.29 Å². The molecule has 0 aliphatic heterocycles. The third kappa shape index (κ3) is 4.87. The molecule has 0 aliphatic rings. The van der Waals surface area contributed by atoms with Crippen LogP contribution in [0.25, 0.3) is 11.1 Å². The molecule has 0 saturated heterocycles. The number of carbonyl (C=O) groups excluding carboxylic acids is 2. The predicted octanol–water partition coefficient (Wildman–Crippen LogP) is 3.90. The highest BCUT2D eigenvalue weighted by molar-refractivity contribution is 8.13. The molecule has 21 heavy (non-hydrogen) atoms. The Hall–Kier alpha value is -1.87. The highest BCUT2D eigenvalue weighted by atomic mass is 32.2. The largest absolute Gasteiger partial charge is 0.291 e. The number of hydrogen-bond acceptors (Lipinski definition) is 3. The number of benzene rings is 2. The summed E-state index contributed by atoms with van der Waals surface area (Å²) in [5, 5.41) is 0.0367. The summed E-state index contributed by atoms with van der Waals surface area (Å²) in [5.41, 5.74) is 3.42. The van der Waals surface area contributed by atoms with Crippen LogP contribution in [0.3, 0.4) is 0 Å². The molecular formula is C18H17O2S. The maximum Gasteiger partial charge on any atom is 0.202 e. The Morgan fingerprint density at radius 1 is 1.05 bits per heavy atom. The van der Waals surface area contributed by atoms with E-state index in [-0.39, 0.29) is 11.0 Å². The highest BCUT2D eigenvalue weighted by Crippen LogP contribution is 2.21. The van der Waals surface area contributed by atoms with Crippen LogP contribution in [0.1, 0.15) is 12.5 Å². The van der Waals surface area contributed by atoms with Crippen molar-refractivity contribution in [2.45, 2.75) is 13.3 Å². The second-order valence-electron chi connectivity index (χ2n) is 4.88. The summed E-state index contributed by atoms with van der Waals surface area (Å²) >= 11 is 1.18. The fraction of sp³-hybridized carbons (Fsp3) is 0.222. The molecule has 2 rings (SSSR count). The van der Waals surface area contributed by atoms with Crippen molar-refractivity contribution in [1.82, 2.24) is 0 Å². The van der Waals surface area contributed by atoms with Crippen molar-refractivity contribution < 1.29 is 9.59 Å². The van der Waals surface area contributed by atoms with Gasteiger partial charge in [0.1, 0.15) is 0 Å². The molecule has 0 spiro atoms. The Morgan fingerprint density at radius 2 is 1.67 bits per heavy atom. The van der Waals surface area contributed by atoms with Crippen LogP contribution in [0.4, 0.5) is 0 Å². The van der Waals surface area contributed by atoms with E-state index in [0.29, 0.717) is 12.2 Å². The van der Waals surface area contributed by atoms with Crippen LogP contribution in [0.5, 0.6) is 0 Å². The number of hydrogen-bond donors (Lipinski definition) is 0. The maximum absolute atomic E-state index is 11.0. The van der Waals surface area contributed by atoms with Crippen LogP contribution in [0.2, 0.25) is 0 Å². The van der Waals surface area contributed by atoms with Gasteiger partial charge in [-0.3, -0.25) is 9.59 Å². The minimum absolute atomic E-state index is 0.0367. The Labute approximate surface area is 129 Å². The summed E-state index contributed by atoms with van der Waals surface area (Å²) < 4.78 is 0. The zero-order valence-corrected chi connectivity index (χ0v) is 12.7. The van der Waals surface area contributed by atoms with Gasteiger partial charge in [-0.2, -0.15) is 0 Å². The average Bonchev–Trinajstić information content (AvgIpc) is 2.52. The summed E-state index contributed by atoms with van der Waals surface area (Å²) in [7, 11) is 0. The zero-order valence-electron chi connectivity index (χ0n) is 11.9. The van der Waals surface area contributed by atoms with Crippen molar-refractivity contribution in [2.75, 3.05) is 5.75 Å². The van der Waals surface area contributed by atoms with Gasteiger partial charge in [-0.1, -0.05) is 66.4 Å². The first-order valence-electron chi connectivity index (χ1n) is 6.84. The Bertz CT molecular complexity index is 590. The lowest BCUT2D eigenvalue weighted by atomic mass is 9.99. The SMILES string of the molecule is CC(=O)SCC([C]=O)Cc1ccc(-c2ccccc2)cc1. The molecule has 0 amide bonds. The monoisotopic (exact) mass is 297 g/mol. The van der Waals surface area contributed by atoms with E-state index in [9.17, 15) is 9.59 Å². The minimum Gasteiger partial charge on any atom is -0.291 e. The van der Waals surface area contributed by atoms with Crippen molar-refractivity contribution in [3.63, 3.8) is 0 Å². The molecule has 0 aromatic heterocycles. The Balaban J connectivity index is 2.01. The van der Waals surface area contributed by atoms with Gasteiger partial charge in [0.25, 0.3) is 0 Å². The van der Waals surface area contributed by atoms with Gasteiger partial charge in [-0.15, -0.1) is 0 Å². The van der Waals surface area contributed by atoms with Crippen LogP contribution in [0.15, 0.2) is 54.6 Å². The Morgan fingerprint density at radius 3 is 2.24 bits per heavy atom. The molecule has 2 nitrogen and oxygen atoms in total. The lowest BCUT2D eigenvalue weighted by Gasteiger charge is -2.09. The smallest absolute Gasteiger partial charge is 0.202 e. The third-order valence-electron chi connectivity index (χ3n) is 3.20. The Kier molecular flexibility index (Phi) is 5.76. The summed E-state index contributed by atoms with van der Waals surface area (Å²) in [4.78, 5) is 21.9. The predicted molar refractivity (Wildman–Crippen MR) is 87.9 cm³/mol. The van der Waals surface area contributed by atoms with E-state index in [1.165, 1.54) is 24.2 Å². The average molecular weight is 297 g/mol. The molecule has 1 radical (unpaired) electrons. The van der Waals surface area contributed by atoms with Gasteiger partial charge < -0.3 is 0 Å². The molecule has 0 saturated carbocycles. The summed E-state index contributed by atoms with van der Waals surface area (Å²) in [6, 6.07) is 18.3. The van der Waals surface area contributed by atoms with E-state index in [4.69, 9.17) is 0 Å². The summed E-state index contributed by atoms with van der Waals surface area (Å²) in [6.07, 6.45) is 2.65. The zero-order chi connectivity index (χ0) is 15.1. The van der Waals surface area contributed by atoms with Crippen molar-refractivity contribution >= 4 is 23.2 Å². The standard InChI is InChI=1S/C18H17O2S/c1-14(20)21-13-16(12-19)11-15-7-9-18(10-8-15)17-5-3-2-4-6-17/h2-10,16H,11,13H2,1H3. The van der Waals surface area contributed by atoms with E-state index in [0.717, 1.165) is 11.1 Å². The van der Waals surface area contributed by atoms with Crippen molar-refractivity contribution in [3.8, 4) is 11.1 Å². The van der Waals surface area contributed by atoms with Gasteiger partial charge in [-0.25, -0.2) is 0 Å². The van der Waals surface area contributed by atoms with Gasteiger partial charge in [0.05, 0.1) is 0 Å². The molecule has 0 heterocycles. The number of thioether (sulfide) groups is 1. The van der Waals surface area contributed by atoms with E-state index >= 15 is 0 Å². The molecule has 0 fully saturated rings. The molecule has 0 aliphatic carbocycles. The van der Waals surface area contributed by atoms with Crippen LogP contribution >= 0.6 is 11.8 Å². The van der Waals surface area contributed by atoms with Crippen molar-refractivity contribution in [1.29, 1.82) is 0 Å². The quantitative estimate of drug-likeness (QED) is 0.811. The summed E-state index contributed by atoms with van der Waals surface area (Å²) in [6.45, 7) is 1.52. The van der Waals surface area contributed by atoms with E-state index < -0.39 is 0 Å². The molecule has 0 N–H and O–H groups in total. The third-order valence-corrected chi connectivity index (χ3v) is 4.17. The molecule has 1 unspecified atom stereocenters. The molecule has 3 heteroatoms. The molecular weight excluding hydrogens is 280 g/mol. The van der Waals surface area contributed by atoms with Gasteiger partial charge >= 0.3 is 0 Å². The second-order valence-corrected chi connectivity index (χ2v) is 6.08. The van der Waals surface area contributed by atoms with Crippen molar-refractivity contribution in [3.05, 3.63) is 60.2 Å². The maximum atomic E-state index is 11.0. The van der Waals surface area contributed by atoms with Crippen LogP contribution in [0, 0.1) is 5.92 Å². The first kappa shape index (κ1) is 15.5. The fourth-order valence-electron chi connectivity index (χ4n) is 2.10. The van der Waals surface area contributed by atoms with Gasteiger partial charge in [-0.05, 0) is 23.1 Å². The van der Waals surface area contributed by atoms with E-state index in [1.54, 1.807) is 0 Å². The molecule has 107 valence electrons. The lowest BCUT2D eigenvalue weighted by molar-refractivity contribution is -0.109. The first-order valence-corrected chi connectivity index (χ1v) is 7.83. The first-order chi connectivity index (χ1) is 10.2. The molecule has 2 aromatic rings. The molecule has 1 atom stereocenters. The second kappa shape index (κ2) is 7.79. The summed E-state index contributed by atoms with van der Waals surface area (Å²) in [5.74, 6) is 0.265. The molecule has 2 aromatic carbocycles. The normalized spacial score (nSPS) is 11.9. The van der Waals surface area contributed by atoms with E-state index in [2.05, 4.69) is 24.3 Å². The van der Waals surface area contributed by atoms with Gasteiger partial charge in [0.15, 0.2) is 5.12 Å². The number of rotatable bonds is 6. The number of carbonyl (C=O) groups is 1. The van der Waals surface area contributed by atoms with Gasteiger partial charge in [0, 0.05) is 18.6 Å². The lowest BCUT2D eigenvalue weighted by Crippen LogP contribution is -2.10. The van der Waals surface area contributed by atoms with Crippen LogP contribution in [-0.2, 0) is 16.0 Å².